The van der Waals surface area contributed by atoms with E-state index in [1.54, 1.807) is 0 Å². The van der Waals surface area contributed by atoms with Crippen molar-refractivity contribution in [1.82, 2.24) is 0 Å². The lowest BCUT2D eigenvalue weighted by molar-refractivity contribution is -0.384. The van der Waals surface area contributed by atoms with Gasteiger partial charge in [0.25, 0.3) is 17.6 Å². The molecule has 0 bridgehead atoms. The van der Waals surface area contributed by atoms with Crippen LogP contribution in [0.15, 0.2) is 24.3 Å². The van der Waals surface area contributed by atoms with E-state index in [0.717, 1.165) is 13.8 Å². The van der Waals surface area contributed by atoms with Crippen molar-refractivity contribution in [3.05, 3.63) is 39.9 Å². The fraction of sp³-hybridized carbons (Fsp3) is 0.182. The molecule has 0 atom stereocenters. The number of benzene rings is 1. The minimum atomic E-state index is -0.833. The highest BCUT2D eigenvalue weighted by atomic mass is 16.6. The standard InChI is InChI=1S/C7H5NO3.2C2H4O2/c9-5-6-1-3-7(4-2-6)8(10)11;2*1-2(3)4/h1-5H;2*1H3,(H,3,4). The first-order chi connectivity index (χ1) is 8.70. The van der Waals surface area contributed by atoms with Crippen molar-refractivity contribution < 1.29 is 29.5 Å². The number of non-ortho nitro benzene ring substituents is 1. The molecule has 2 N–H and O–H groups in total. The Morgan fingerprint density at radius 3 is 1.63 bits per heavy atom. The molecular weight excluding hydrogens is 258 g/mol. The molecular formula is C11H13NO7. The zero-order valence-corrected chi connectivity index (χ0v) is 10.3. The Morgan fingerprint density at radius 2 is 1.42 bits per heavy atom. The van der Waals surface area contributed by atoms with E-state index in [4.69, 9.17) is 19.8 Å². The molecule has 0 fully saturated rings. The summed E-state index contributed by atoms with van der Waals surface area (Å²) < 4.78 is 0. The van der Waals surface area contributed by atoms with Crippen LogP contribution in [0.4, 0.5) is 5.69 Å². The molecule has 0 aliphatic rings. The molecule has 1 aromatic carbocycles. The third-order valence-corrected chi connectivity index (χ3v) is 1.24. The third-order valence-electron chi connectivity index (χ3n) is 1.24. The van der Waals surface area contributed by atoms with Gasteiger partial charge in [-0.15, -0.1) is 0 Å². The van der Waals surface area contributed by atoms with Crippen molar-refractivity contribution >= 4 is 23.9 Å². The molecule has 0 aliphatic carbocycles. The lowest BCUT2D eigenvalue weighted by Gasteiger charge is -1.89. The number of aldehydes is 1. The first-order valence-corrected chi connectivity index (χ1v) is 4.79. The highest BCUT2D eigenvalue weighted by molar-refractivity contribution is 5.75. The van der Waals surface area contributed by atoms with Crippen molar-refractivity contribution in [2.45, 2.75) is 13.8 Å². The zero-order valence-electron chi connectivity index (χ0n) is 10.3. The lowest BCUT2D eigenvalue weighted by atomic mass is 10.2. The predicted molar refractivity (Wildman–Crippen MR) is 65.1 cm³/mol. The van der Waals surface area contributed by atoms with E-state index in [9.17, 15) is 14.9 Å². The molecule has 0 aromatic heterocycles. The third kappa shape index (κ3) is 15.2. The van der Waals surface area contributed by atoms with Crippen molar-refractivity contribution in [1.29, 1.82) is 0 Å². The lowest BCUT2D eigenvalue weighted by Crippen LogP contribution is -1.87. The van der Waals surface area contributed by atoms with E-state index >= 15 is 0 Å². The highest BCUT2D eigenvalue weighted by Gasteiger charge is 2.02. The molecule has 8 nitrogen and oxygen atoms in total. The second-order valence-electron chi connectivity index (χ2n) is 3.00. The van der Waals surface area contributed by atoms with Gasteiger partial charge in [0.05, 0.1) is 4.92 Å². The van der Waals surface area contributed by atoms with Crippen LogP contribution >= 0.6 is 0 Å². The van der Waals surface area contributed by atoms with E-state index in [1.165, 1.54) is 24.3 Å². The average Bonchev–Trinajstić information content (AvgIpc) is 2.27. The van der Waals surface area contributed by atoms with Gasteiger partial charge in [0.1, 0.15) is 6.29 Å². The van der Waals surface area contributed by atoms with E-state index < -0.39 is 16.9 Å². The van der Waals surface area contributed by atoms with Crippen LogP contribution in [0.2, 0.25) is 0 Å². The molecule has 0 heterocycles. The Bertz CT molecular complexity index is 419. The molecule has 0 unspecified atom stereocenters. The average molecular weight is 271 g/mol. The van der Waals surface area contributed by atoms with Gasteiger partial charge in [-0.1, -0.05) is 0 Å². The van der Waals surface area contributed by atoms with Crippen LogP contribution in [0.3, 0.4) is 0 Å². The van der Waals surface area contributed by atoms with Crippen LogP contribution in [0.25, 0.3) is 0 Å². The molecule has 0 spiro atoms. The zero-order chi connectivity index (χ0) is 15.4. The Kier molecular flexibility index (Phi) is 10.2. The SMILES string of the molecule is CC(=O)O.CC(=O)O.O=Cc1ccc([N+](=O)[O-])cc1. The van der Waals surface area contributed by atoms with Crippen molar-refractivity contribution in [3.63, 3.8) is 0 Å². The first-order valence-electron chi connectivity index (χ1n) is 4.79. The van der Waals surface area contributed by atoms with E-state index in [2.05, 4.69) is 0 Å². The Morgan fingerprint density at radius 1 is 1.11 bits per heavy atom. The Balaban J connectivity index is 0. The molecule has 0 radical (unpaired) electrons. The van der Waals surface area contributed by atoms with Crippen LogP contribution in [0, 0.1) is 10.1 Å². The number of nitro benzene ring substituents is 1. The number of carbonyl (C=O) groups excluding carboxylic acids is 1. The van der Waals surface area contributed by atoms with E-state index in [1.807, 2.05) is 0 Å². The van der Waals surface area contributed by atoms with Gasteiger partial charge >= 0.3 is 0 Å². The van der Waals surface area contributed by atoms with Gasteiger partial charge in [-0.25, -0.2) is 0 Å². The first kappa shape index (κ1) is 18.6. The molecule has 1 rings (SSSR count). The Hall–Kier alpha value is -2.77. The second-order valence-corrected chi connectivity index (χ2v) is 3.00. The molecule has 0 amide bonds. The molecule has 104 valence electrons. The molecule has 0 aliphatic heterocycles. The fourth-order valence-corrected chi connectivity index (χ4v) is 0.675. The van der Waals surface area contributed by atoms with Gasteiger partial charge in [0, 0.05) is 31.5 Å². The minimum Gasteiger partial charge on any atom is -0.481 e. The van der Waals surface area contributed by atoms with Gasteiger partial charge in [-0.2, -0.15) is 0 Å². The van der Waals surface area contributed by atoms with Crippen LogP contribution in [-0.4, -0.2) is 33.4 Å². The van der Waals surface area contributed by atoms with Crippen LogP contribution < -0.4 is 0 Å². The number of nitro groups is 1. The maximum absolute atomic E-state index is 10.1. The van der Waals surface area contributed by atoms with Gasteiger partial charge < -0.3 is 10.2 Å². The summed E-state index contributed by atoms with van der Waals surface area (Å²) in [5.74, 6) is -1.67. The highest BCUT2D eigenvalue weighted by Crippen LogP contribution is 2.09. The predicted octanol–water partition coefficient (Wildman–Crippen LogP) is 1.59. The quantitative estimate of drug-likeness (QED) is 0.473. The van der Waals surface area contributed by atoms with Gasteiger partial charge in [0.15, 0.2) is 0 Å². The summed E-state index contributed by atoms with van der Waals surface area (Å²) in [5.41, 5.74) is 0.436. The van der Waals surface area contributed by atoms with Crippen molar-refractivity contribution in [2.75, 3.05) is 0 Å². The molecule has 19 heavy (non-hydrogen) atoms. The molecule has 1 aromatic rings. The molecule has 8 heteroatoms. The minimum absolute atomic E-state index is 0.00407. The number of hydrogen-bond donors (Lipinski definition) is 2. The van der Waals surface area contributed by atoms with Gasteiger partial charge in [0.2, 0.25) is 0 Å². The fourth-order valence-electron chi connectivity index (χ4n) is 0.675. The number of hydrogen-bond acceptors (Lipinski definition) is 5. The second kappa shape index (κ2) is 10.4. The number of carboxylic acids is 2. The summed E-state index contributed by atoms with van der Waals surface area (Å²) in [6, 6.07) is 5.41. The molecule has 0 saturated heterocycles. The largest absolute Gasteiger partial charge is 0.481 e. The monoisotopic (exact) mass is 271 g/mol. The van der Waals surface area contributed by atoms with Crippen LogP contribution in [0.1, 0.15) is 24.2 Å². The Labute approximate surface area is 108 Å². The number of carbonyl (C=O) groups is 3. The summed E-state index contributed by atoms with van der Waals surface area (Å²) in [6.07, 6.45) is 0.643. The number of carboxylic acid groups (broad SMARTS) is 2. The summed E-state index contributed by atoms with van der Waals surface area (Å²) in [7, 11) is 0. The normalized spacial score (nSPS) is 7.89. The number of aliphatic carboxylic acids is 2. The van der Waals surface area contributed by atoms with E-state index in [0.29, 0.717) is 11.8 Å². The van der Waals surface area contributed by atoms with Crippen molar-refractivity contribution in [2.24, 2.45) is 0 Å². The summed E-state index contributed by atoms with van der Waals surface area (Å²) in [5, 5.41) is 25.0. The summed E-state index contributed by atoms with van der Waals surface area (Å²) >= 11 is 0. The van der Waals surface area contributed by atoms with E-state index in [-0.39, 0.29) is 5.69 Å². The number of rotatable bonds is 2. The van der Waals surface area contributed by atoms with Crippen LogP contribution in [-0.2, 0) is 9.59 Å². The molecule has 0 saturated carbocycles. The van der Waals surface area contributed by atoms with Crippen LogP contribution in [0.5, 0.6) is 0 Å². The topological polar surface area (TPSA) is 135 Å². The summed E-state index contributed by atoms with van der Waals surface area (Å²) in [6.45, 7) is 2.17. The van der Waals surface area contributed by atoms with Gasteiger partial charge in [-0.3, -0.25) is 24.5 Å². The maximum atomic E-state index is 10.1. The maximum Gasteiger partial charge on any atom is 0.300 e. The van der Waals surface area contributed by atoms with Crippen molar-refractivity contribution in [3.8, 4) is 0 Å². The summed E-state index contributed by atoms with van der Waals surface area (Å²) in [4.78, 5) is 37.7. The number of nitrogens with zero attached hydrogens (tertiary/aromatic N) is 1. The smallest absolute Gasteiger partial charge is 0.300 e. The van der Waals surface area contributed by atoms with Gasteiger partial charge in [-0.05, 0) is 12.1 Å².